The lowest BCUT2D eigenvalue weighted by Crippen LogP contribution is -2.17. The molecule has 1 aliphatic rings. The Bertz CT molecular complexity index is 613. The summed E-state index contributed by atoms with van der Waals surface area (Å²) in [6, 6.07) is 19.7. The number of anilines is 1. The maximum Gasteiger partial charge on any atom is 0.0730 e. The summed E-state index contributed by atoms with van der Waals surface area (Å²) in [5.41, 5.74) is 5.42. The number of nitrogens with one attached hydrogen (secondary N) is 1. The zero-order chi connectivity index (χ0) is 14.5. The first-order chi connectivity index (χ1) is 10.4. The van der Waals surface area contributed by atoms with Crippen molar-refractivity contribution < 1.29 is 0 Å². The molecule has 0 saturated heterocycles. The minimum atomic E-state index is 0.318. The topological polar surface area (TPSA) is 12.0 Å². The number of hydrogen-bond acceptors (Lipinski definition) is 1. The summed E-state index contributed by atoms with van der Waals surface area (Å²) in [7, 11) is 0. The number of hydrogen-bond donors (Lipinski definition) is 1. The van der Waals surface area contributed by atoms with Crippen molar-refractivity contribution in [1.82, 2.24) is 0 Å². The average Bonchev–Trinajstić information content (AvgIpc) is 2.55. The van der Waals surface area contributed by atoms with Crippen molar-refractivity contribution in [3.05, 3.63) is 71.3 Å². The van der Waals surface area contributed by atoms with Gasteiger partial charge in [0, 0.05) is 5.69 Å². The Kier molecular flexibility index (Phi) is 4.40. The van der Waals surface area contributed by atoms with Crippen molar-refractivity contribution in [3.63, 3.8) is 0 Å². The number of fused-ring (bicyclic) bond motifs is 1. The molecule has 0 aromatic heterocycles. The highest BCUT2D eigenvalue weighted by molar-refractivity contribution is 5.73. The number of rotatable bonds is 5. The van der Waals surface area contributed by atoms with E-state index in [9.17, 15) is 0 Å². The molecule has 2 aromatic carbocycles. The van der Waals surface area contributed by atoms with Gasteiger partial charge in [0.25, 0.3) is 0 Å². The largest absolute Gasteiger partial charge is 0.374 e. The number of para-hydroxylation sites is 1. The van der Waals surface area contributed by atoms with Crippen LogP contribution < -0.4 is 5.32 Å². The third-order valence-corrected chi connectivity index (χ3v) is 4.17. The zero-order valence-electron chi connectivity index (χ0n) is 12.7. The second-order valence-electron chi connectivity index (χ2n) is 5.75. The average molecular weight is 277 g/mol. The standard InChI is InChI=1S/C20H23N/c1-2-3-5-13-18-15-17-12-8-9-14-19(17)21-20(18)16-10-6-4-7-11-16/h4,6-12,14-15,20-21H,2-3,5,13H2,1H3. The molecule has 0 aliphatic carbocycles. The molecule has 1 unspecified atom stereocenters. The van der Waals surface area contributed by atoms with Gasteiger partial charge in [-0.1, -0.05) is 74.4 Å². The van der Waals surface area contributed by atoms with E-state index in [1.54, 1.807) is 0 Å². The molecule has 0 radical (unpaired) electrons. The van der Waals surface area contributed by atoms with E-state index < -0.39 is 0 Å². The Morgan fingerprint density at radius 3 is 2.48 bits per heavy atom. The first-order valence-electron chi connectivity index (χ1n) is 7.99. The Morgan fingerprint density at radius 1 is 0.905 bits per heavy atom. The van der Waals surface area contributed by atoms with Crippen molar-refractivity contribution in [3.8, 4) is 0 Å². The van der Waals surface area contributed by atoms with Crippen LogP contribution in [0.3, 0.4) is 0 Å². The van der Waals surface area contributed by atoms with E-state index in [-0.39, 0.29) is 0 Å². The fourth-order valence-corrected chi connectivity index (χ4v) is 3.02. The number of benzene rings is 2. The van der Waals surface area contributed by atoms with E-state index in [1.165, 1.54) is 48.1 Å². The maximum atomic E-state index is 3.72. The fraction of sp³-hybridized carbons (Fsp3) is 0.300. The maximum absolute atomic E-state index is 3.72. The summed E-state index contributed by atoms with van der Waals surface area (Å²) >= 11 is 0. The van der Waals surface area contributed by atoms with E-state index in [1.807, 2.05) is 0 Å². The fourth-order valence-electron chi connectivity index (χ4n) is 3.02. The van der Waals surface area contributed by atoms with Gasteiger partial charge in [-0.2, -0.15) is 0 Å². The third-order valence-electron chi connectivity index (χ3n) is 4.17. The molecule has 1 heteroatoms. The van der Waals surface area contributed by atoms with Crippen LogP contribution in [-0.2, 0) is 0 Å². The molecule has 0 amide bonds. The van der Waals surface area contributed by atoms with Crippen molar-refractivity contribution in [2.45, 2.75) is 38.6 Å². The zero-order valence-corrected chi connectivity index (χ0v) is 12.7. The van der Waals surface area contributed by atoms with Gasteiger partial charge in [0.2, 0.25) is 0 Å². The summed E-state index contributed by atoms with van der Waals surface area (Å²) in [6.07, 6.45) is 7.41. The van der Waals surface area contributed by atoms with Gasteiger partial charge in [0.15, 0.2) is 0 Å². The summed E-state index contributed by atoms with van der Waals surface area (Å²) in [6.45, 7) is 2.26. The van der Waals surface area contributed by atoms with E-state index in [0.717, 1.165) is 0 Å². The molecule has 0 fully saturated rings. The van der Waals surface area contributed by atoms with Crippen LogP contribution in [0, 0.1) is 0 Å². The Labute approximate surface area is 127 Å². The molecule has 1 nitrogen and oxygen atoms in total. The highest BCUT2D eigenvalue weighted by Gasteiger charge is 2.21. The predicted molar refractivity (Wildman–Crippen MR) is 91.4 cm³/mol. The van der Waals surface area contributed by atoms with Crippen LogP contribution in [-0.4, -0.2) is 0 Å². The van der Waals surface area contributed by atoms with Gasteiger partial charge >= 0.3 is 0 Å². The van der Waals surface area contributed by atoms with E-state index >= 15 is 0 Å². The monoisotopic (exact) mass is 277 g/mol. The Hall–Kier alpha value is -2.02. The summed E-state index contributed by atoms with van der Waals surface area (Å²) in [4.78, 5) is 0. The SMILES string of the molecule is CCCCCC1=Cc2ccccc2NC1c1ccccc1. The smallest absolute Gasteiger partial charge is 0.0730 e. The molecule has 3 rings (SSSR count). The summed E-state index contributed by atoms with van der Waals surface area (Å²) in [5, 5.41) is 3.72. The molecule has 108 valence electrons. The van der Waals surface area contributed by atoms with Crippen LogP contribution in [0.15, 0.2) is 60.2 Å². The first kappa shape index (κ1) is 13.9. The van der Waals surface area contributed by atoms with Crippen LogP contribution in [0.1, 0.15) is 49.8 Å². The van der Waals surface area contributed by atoms with E-state index in [0.29, 0.717) is 6.04 Å². The van der Waals surface area contributed by atoms with Crippen molar-refractivity contribution >= 4 is 11.8 Å². The molecule has 0 bridgehead atoms. The van der Waals surface area contributed by atoms with Crippen LogP contribution in [0.4, 0.5) is 5.69 Å². The molecule has 0 spiro atoms. The normalized spacial score (nSPS) is 16.8. The molecular formula is C20H23N. The van der Waals surface area contributed by atoms with E-state index in [4.69, 9.17) is 0 Å². The lowest BCUT2D eigenvalue weighted by molar-refractivity contribution is 0.687. The number of unbranched alkanes of at least 4 members (excludes halogenated alkanes) is 2. The Balaban J connectivity index is 1.91. The second kappa shape index (κ2) is 6.62. The highest BCUT2D eigenvalue weighted by atomic mass is 14.9. The minimum absolute atomic E-state index is 0.318. The second-order valence-corrected chi connectivity index (χ2v) is 5.75. The van der Waals surface area contributed by atoms with Gasteiger partial charge in [-0.3, -0.25) is 0 Å². The van der Waals surface area contributed by atoms with Gasteiger partial charge in [-0.05, 0) is 35.6 Å². The van der Waals surface area contributed by atoms with Gasteiger partial charge in [0.1, 0.15) is 0 Å². The molecular weight excluding hydrogens is 254 g/mol. The van der Waals surface area contributed by atoms with E-state index in [2.05, 4.69) is 72.9 Å². The molecule has 0 saturated carbocycles. The molecule has 1 heterocycles. The summed E-state index contributed by atoms with van der Waals surface area (Å²) < 4.78 is 0. The van der Waals surface area contributed by atoms with Crippen molar-refractivity contribution in [2.75, 3.05) is 5.32 Å². The first-order valence-corrected chi connectivity index (χ1v) is 7.99. The van der Waals surface area contributed by atoms with Crippen molar-refractivity contribution in [1.29, 1.82) is 0 Å². The molecule has 2 aromatic rings. The van der Waals surface area contributed by atoms with Crippen LogP contribution in [0.2, 0.25) is 0 Å². The van der Waals surface area contributed by atoms with Crippen LogP contribution in [0.5, 0.6) is 0 Å². The van der Waals surface area contributed by atoms with Gasteiger partial charge in [0.05, 0.1) is 6.04 Å². The molecule has 1 N–H and O–H groups in total. The minimum Gasteiger partial charge on any atom is -0.374 e. The summed E-state index contributed by atoms with van der Waals surface area (Å²) in [5.74, 6) is 0. The lowest BCUT2D eigenvalue weighted by Gasteiger charge is -2.29. The van der Waals surface area contributed by atoms with Crippen molar-refractivity contribution in [2.24, 2.45) is 0 Å². The lowest BCUT2D eigenvalue weighted by atomic mass is 9.89. The molecule has 1 atom stereocenters. The third kappa shape index (κ3) is 3.18. The van der Waals surface area contributed by atoms with Crippen LogP contribution in [0.25, 0.3) is 6.08 Å². The highest BCUT2D eigenvalue weighted by Crippen LogP contribution is 2.37. The molecule has 21 heavy (non-hydrogen) atoms. The van der Waals surface area contributed by atoms with Gasteiger partial charge in [-0.15, -0.1) is 0 Å². The predicted octanol–water partition coefficient (Wildman–Crippen LogP) is 5.82. The molecule has 1 aliphatic heterocycles. The van der Waals surface area contributed by atoms with Gasteiger partial charge in [-0.25, -0.2) is 0 Å². The Morgan fingerprint density at radius 2 is 1.67 bits per heavy atom. The van der Waals surface area contributed by atoms with Crippen LogP contribution >= 0.6 is 0 Å². The van der Waals surface area contributed by atoms with Gasteiger partial charge < -0.3 is 5.32 Å². The quantitative estimate of drug-likeness (QED) is 0.679.